The van der Waals surface area contributed by atoms with E-state index in [0.29, 0.717) is 0 Å². The van der Waals surface area contributed by atoms with Crippen LogP contribution in [0.3, 0.4) is 0 Å². The first-order valence-electron chi connectivity index (χ1n) is 6.06. The van der Waals surface area contributed by atoms with Crippen LogP contribution in [0.4, 0.5) is 5.69 Å². The van der Waals surface area contributed by atoms with Gasteiger partial charge in [0.25, 0.3) is 0 Å². The van der Waals surface area contributed by atoms with Crippen molar-refractivity contribution in [1.29, 1.82) is 0 Å². The van der Waals surface area contributed by atoms with E-state index in [-0.39, 0.29) is 12.0 Å². The molecule has 2 rings (SSSR count). The summed E-state index contributed by atoms with van der Waals surface area (Å²) in [6.07, 6.45) is 1.94. The van der Waals surface area contributed by atoms with Gasteiger partial charge in [0.15, 0.2) is 0 Å². The van der Waals surface area contributed by atoms with E-state index in [0.717, 1.165) is 19.4 Å². The van der Waals surface area contributed by atoms with E-state index in [1.54, 1.807) is 0 Å². The van der Waals surface area contributed by atoms with Crippen LogP contribution in [-0.2, 0) is 9.53 Å². The molecule has 0 radical (unpaired) electrons. The number of esters is 1. The molecule has 1 unspecified atom stereocenters. The Balaban J connectivity index is 2.36. The Labute approximate surface area is 102 Å². The highest BCUT2D eigenvalue weighted by Gasteiger charge is 2.32. The van der Waals surface area contributed by atoms with Gasteiger partial charge in [-0.25, -0.2) is 4.79 Å². The van der Waals surface area contributed by atoms with Crippen molar-refractivity contribution < 1.29 is 9.53 Å². The number of benzene rings is 1. The Morgan fingerprint density at radius 1 is 1.35 bits per heavy atom. The molecule has 0 aromatic heterocycles. The number of hydrogen-bond acceptors (Lipinski definition) is 3. The minimum Gasteiger partial charge on any atom is -0.467 e. The van der Waals surface area contributed by atoms with Gasteiger partial charge in [0.05, 0.1) is 7.11 Å². The van der Waals surface area contributed by atoms with Crippen molar-refractivity contribution in [3.8, 4) is 0 Å². The molecule has 0 spiro atoms. The van der Waals surface area contributed by atoms with Crippen molar-refractivity contribution in [1.82, 2.24) is 0 Å². The lowest BCUT2D eigenvalue weighted by atomic mass is 10.1. The Bertz CT molecular complexity index is 408. The van der Waals surface area contributed by atoms with Gasteiger partial charge in [0.2, 0.25) is 0 Å². The van der Waals surface area contributed by atoms with Crippen LogP contribution in [0.5, 0.6) is 0 Å². The van der Waals surface area contributed by atoms with Gasteiger partial charge in [-0.2, -0.15) is 0 Å². The number of rotatable bonds is 2. The molecule has 1 fully saturated rings. The lowest BCUT2D eigenvalue weighted by Crippen LogP contribution is -2.37. The molecule has 1 atom stereocenters. The van der Waals surface area contributed by atoms with Gasteiger partial charge in [0.1, 0.15) is 6.04 Å². The molecule has 17 heavy (non-hydrogen) atoms. The van der Waals surface area contributed by atoms with Crippen LogP contribution in [0, 0.1) is 13.8 Å². The third-order valence-corrected chi connectivity index (χ3v) is 3.45. The van der Waals surface area contributed by atoms with E-state index in [4.69, 9.17) is 4.74 Å². The maximum atomic E-state index is 11.8. The number of nitrogens with zero attached hydrogens (tertiary/aromatic N) is 1. The monoisotopic (exact) mass is 233 g/mol. The van der Waals surface area contributed by atoms with E-state index < -0.39 is 0 Å². The number of aryl methyl sites for hydroxylation is 2. The zero-order chi connectivity index (χ0) is 12.4. The molecule has 1 heterocycles. The molecule has 3 heteroatoms. The third kappa shape index (κ3) is 2.14. The van der Waals surface area contributed by atoms with Crippen molar-refractivity contribution in [3.05, 3.63) is 29.3 Å². The van der Waals surface area contributed by atoms with Gasteiger partial charge in [-0.3, -0.25) is 0 Å². The fourth-order valence-corrected chi connectivity index (χ4v) is 2.67. The Morgan fingerprint density at radius 3 is 2.59 bits per heavy atom. The molecule has 92 valence electrons. The van der Waals surface area contributed by atoms with E-state index in [9.17, 15) is 4.79 Å². The molecule has 1 aliphatic heterocycles. The normalized spacial score (nSPS) is 19.5. The van der Waals surface area contributed by atoms with Crippen LogP contribution >= 0.6 is 0 Å². The summed E-state index contributed by atoms with van der Waals surface area (Å²) in [5.74, 6) is -0.120. The third-order valence-electron chi connectivity index (χ3n) is 3.45. The number of carbonyl (C=O) groups excluding carboxylic acids is 1. The highest BCUT2D eigenvalue weighted by atomic mass is 16.5. The van der Waals surface area contributed by atoms with Crippen molar-refractivity contribution in [2.45, 2.75) is 32.7 Å². The maximum Gasteiger partial charge on any atom is 0.328 e. The van der Waals surface area contributed by atoms with E-state index >= 15 is 0 Å². The predicted octanol–water partition coefficient (Wildman–Crippen LogP) is 2.45. The lowest BCUT2D eigenvalue weighted by Gasteiger charge is -2.28. The van der Waals surface area contributed by atoms with E-state index in [1.165, 1.54) is 23.9 Å². The van der Waals surface area contributed by atoms with Crippen LogP contribution in [-0.4, -0.2) is 25.7 Å². The highest BCUT2D eigenvalue weighted by molar-refractivity contribution is 5.81. The standard InChI is InChI=1S/C14H19NO2/c1-10-6-4-7-11(2)13(10)15-9-5-8-12(15)14(16)17-3/h4,6-7,12H,5,8-9H2,1-3H3. The average Bonchev–Trinajstić information content (AvgIpc) is 2.77. The van der Waals surface area contributed by atoms with Crippen LogP contribution in [0.1, 0.15) is 24.0 Å². The lowest BCUT2D eigenvalue weighted by molar-refractivity contribution is -0.141. The molecule has 1 aromatic carbocycles. The summed E-state index contributed by atoms with van der Waals surface area (Å²) in [5.41, 5.74) is 3.64. The molecule has 0 amide bonds. The molecule has 0 saturated carbocycles. The zero-order valence-electron chi connectivity index (χ0n) is 10.7. The Hall–Kier alpha value is -1.51. The zero-order valence-corrected chi connectivity index (χ0v) is 10.7. The van der Waals surface area contributed by atoms with Gasteiger partial charge in [0, 0.05) is 12.2 Å². The molecule has 0 N–H and O–H groups in total. The van der Waals surface area contributed by atoms with Crippen LogP contribution in [0.2, 0.25) is 0 Å². The molecular weight excluding hydrogens is 214 g/mol. The van der Waals surface area contributed by atoms with Gasteiger partial charge in [-0.05, 0) is 37.8 Å². The summed E-state index contributed by atoms with van der Waals surface area (Å²) in [7, 11) is 1.46. The van der Waals surface area contributed by atoms with Crippen molar-refractivity contribution in [2.24, 2.45) is 0 Å². The second-order valence-corrected chi connectivity index (χ2v) is 4.61. The van der Waals surface area contributed by atoms with Gasteiger partial charge in [-0.1, -0.05) is 18.2 Å². The minimum atomic E-state index is -0.120. The van der Waals surface area contributed by atoms with E-state index in [1.807, 2.05) is 0 Å². The quantitative estimate of drug-likeness (QED) is 0.735. The fourth-order valence-electron chi connectivity index (χ4n) is 2.67. The van der Waals surface area contributed by atoms with Crippen LogP contribution in [0.15, 0.2) is 18.2 Å². The van der Waals surface area contributed by atoms with Crippen molar-refractivity contribution in [3.63, 3.8) is 0 Å². The Morgan fingerprint density at radius 2 is 2.00 bits per heavy atom. The fraction of sp³-hybridized carbons (Fsp3) is 0.500. The molecular formula is C14H19NO2. The summed E-state index contributed by atoms with van der Waals surface area (Å²) in [5, 5.41) is 0. The number of hydrogen-bond donors (Lipinski definition) is 0. The van der Waals surface area contributed by atoms with Crippen molar-refractivity contribution in [2.75, 3.05) is 18.6 Å². The number of methoxy groups -OCH3 is 1. The first-order valence-corrected chi connectivity index (χ1v) is 6.06. The molecule has 1 saturated heterocycles. The summed E-state index contributed by atoms with van der Waals surface area (Å²) in [4.78, 5) is 13.9. The second-order valence-electron chi connectivity index (χ2n) is 4.61. The van der Waals surface area contributed by atoms with E-state index in [2.05, 4.69) is 36.9 Å². The molecule has 1 aromatic rings. The predicted molar refractivity (Wildman–Crippen MR) is 68.3 cm³/mol. The Kier molecular flexibility index (Phi) is 3.36. The first kappa shape index (κ1) is 12.0. The first-order chi connectivity index (χ1) is 8.15. The summed E-state index contributed by atoms with van der Waals surface area (Å²) in [6.45, 7) is 5.12. The van der Waals surface area contributed by atoms with Gasteiger partial charge in [-0.15, -0.1) is 0 Å². The smallest absolute Gasteiger partial charge is 0.328 e. The van der Waals surface area contributed by atoms with Crippen LogP contribution < -0.4 is 4.90 Å². The highest BCUT2D eigenvalue weighted by Crippen LogP contribution is 2.31. The maximum absolute atomic E-state index is 11.8. The molecule has 0 aliphatic carbocycles. The number of ether oxygens (including phenoxy) is 1. The van der Waals surface area contributed by atoms with Crippen LogP contribution in [0.25, 0.3) is 0 Å². The summed E-state index contributed by atoms with van der Waals surface area (Å²) < 4.78 is 4.89. The SMILES string of the molecule is COC(=O)C1CCCN1c1c(C)cccc1C. The number of para-hydroxylation sites is 1. The van der Waals surface area contributed by atoms with Crippen molar-refractivity contribution >= 4 is 11.7 Å². The van der Waals surface area contributed by atoms with Gasteiger partial charge >= 0.3 is 5.97 Å². The number of carbonyl (C=O) groups is 1. The molecule has 1 aliphatic rings. The molecule has 0 bridgehead atoms. The summed E-state index contributed by atoms with van der Waals surface area (Å²) >= 11 is 0. The second kappa shape index (κ2) is 4.78. The minimum absolute atomic E-state index is 0.111. The molecule has 3 nitrogen and oxygen atoms in total. The van der Waals surface area contributed by atoms with Gasteiger partial charge < -0.3 is 9.64 Å². The largest absolute Gasteiger partial charge is 0.467 e. The summed E-state index contributed by atoms with van der Waals surface area (Å²) in [6, 6.07) is 6.13. The topological polar surface area (TPSA) is 29.5 Å². The number of anilines is 1. The average molecular weight is 233 g/mol.